The van der Waals surface area contributed by atoms with Gasteiger partial charge in [-0.25, -0.2) is 5.06 Å². The first-order valence-electron chi connectivity index (χ1n) is 6.20. The summed E-state index contributed by atoms with van der Waals surface area (Å²) < 4.78 is 38.2. The van der Waals surface area contributed by atoms with Crippen molar-refractivity contribution in [3.8, 4) is 0 Å². The predicted octanol–water partition coefficient (Wildman–Crippen LogP) is 3.55. The van der Waals surface area contributed by atoms with Crippen LogP contribution < -0.4 is 0 Å². The molecule has 108 valence electrons. The molecule has 0 spiro atoms. The molecule has 0 saturated heterocycles. The Balaban J connectivity index is 4.29. The first-order valence-corrected chi connectivity index (χ1v) is 6.20. The SMILES string of the molecule is CCCCCCC(CC(=O)N(C)OC)C(F)(F)F. The van der Waals surface area contributed by atoms with Gasteiger partial charge in [0.2, 0.25) is 5.91 Å². The zero-order chi connectivity index (χ0) is 14.2. The molecule has 0 radical (unpaired) electrons. The van der Waals surface area contributed by atoms with E-state index in [1.807, 2.05) is 6.92 Å². The molecule has 0 aliphatic carbocycles. The molecule has 0 aromatic carbocycles. The van der Waals surface area contributed by atoms with Gasteiger partial charge in [0.1, 0.15) is 0 Å². The normalized spacial score (nSPS) is 13.4. The molecule has 0 aromatic heterocycles. The minimum atomic E-state index is -4.32. The largest absolute Gasteiger partial charge is 0.392 e. The fourth-order valence-corrected chi connectivity index (χ4v) is 1.64. The Morgan fingerprint density at radius 1 is 1.28 bits per heavy atom. The number of carbonyl (C=O) groups is 1. The van der Waals surface area contributed by atoms with E-state index in [0.717, 1.165) is 24.3 Å². The third-order valence-corrected chi connectivity index (χ3v) is 2.92. The monoisotopic (exact) mass is 269 g/mol. The lowest BCUT2D eigenvalue weighted by Gasteiger charge is -2.22. The Labute approximate surface area is 106 Å². The molecule has 6 heteroatoms. The van der Waals surface area contributed by atoms with Crippen molar-refractivity contribution in [3.05, 3.63) is 0 Å². The first kappa shape index (κ1) is 17.2. The zero-order valence-corrected chi connectivity index (χ0v) is 11.2. The van der Waals surface area contributed by atoms with Crippen LogP contribution in [0.25, 0.3) is 0 Å². The van der Waals surface area contributed by atoms with Gasteiger partial charge in [0.15, 0.2) is 0 Å². The molecule has 1 atom stereocenters. The van der Waals surface area contributed by atoms with Crippen LogP contribution in [0.3, 0.4) is 0 Å². The minimum absolute atomic E-state index is 0.00674. The van der Waals surface area contributed by atoms with Gasteiger partial charge in [-0.15, -0.1) is 0 Å². The second-order valence-electron chi connectivity index (χ2n) is 4.37. The number of unbranched alkanes of at least 4 members (excludes halogenated alkanes) is 3. The lowest BCUT2D eigenvalue weighted by Crippen LogP contribution is -2.32. The minimum Gasteiger partial charge on any atom is -0.275 e. The van der Waals surface area contributed by atoms with Crippen LogP contribution in [0.15, 0.2) is 0 Å². The Kier molecular flexibility index (Phi) is 7.98. The second kappa shape index (κ2) is 8.34. The van der Waals surface area contributed by atoms with E-state index in [4.69, 9.17) is 0 Å². The molecule has 0 bridgehead atoms. The summed E-state index contributed by atoms with van der Waals surface area (Å²) in [6.07, 6.45) is -1.68. The molecule has 0 heterocycles. The van der Waals surface area contributed by atoms with Crippen LogP contribution in [-0.4, -0.2) is 31.3 Å². The number of hydrogen-bond donors (Lipinski definition) is 0. The van der Waals surface area contributed by atoms with Crippen molar-refractivity contribution < 1.29 is 22.8 Å². The van der Waals surface area contributed by atoms with E-state index in [2.05, 4.69) is 4.84 Å². The summed E-state index contributed by atoms with van der Waals surface area (Å²) in [5, 5.41) is 0.838. The first-order chi connectivity index (χ1) is 8.32. The van der Waals surface area contributed by atoms with Gasteiger partial charge < -0.3 is 0 Å². The van der Waals surface area contributed by atoms with Gasteiger partial charge in [0.25, 0.3) is 0 Å². The topological polar surface area (TPSA) is 29.5 Å². The average Bonchev–Trinajstić information content (AvgIpc) is 2.30. The molecular weight excluding hydrogens is 247 g/mol. The molecule has 0 fully saturated rings. The van der Waals surface area contributed by atoms with Crippen LogP contribution in [0.4, 0.5) is 13.2 Å². The van der Waals surface area contributed by atoms with Crippen molar-refractivity contribution in [2.24, 2.45) is 5.92 Å². The van der Waals surface area contributed by atoms with Gasteiger partial charge in [0.05, 0.1) is 13.0 Å². The van der Waals surface area contributed by atoms with Gasteiger partial charge in [-0.2, -0.15) is 13.2 Å². The maximum absolute atomic E-state index is 12.7. The summed E-state index contributed by atoms with van der Waals surface area (Å²) in [5.41, 5.74) is 0. The molecule has 0 aliphatic rings. The zero-order valence-electron chi connectivity index (χ0n) is 11.2. The van der Waals surface area contributed by atoms with Crippen molar-refractivity contribution in [1.29, 1.82) is 0 Å². The fourth-order valence-electron chi connectivity index (χ4n) is 1.64. The number of nitrogens with zero attached hydrogens (tertiary/aromatic N) is 1. The van der Waals surface area contributed by atoms with Gasteiger partial charge in [-0.3, -0.25) is 9.63 Å². The summed E-state index contributed by atoms with van der Waals surface area (Å²) in [6, 6.07) is 0. The maximum Gasteiger partial charge on any atom is 0.392 e. The highest BCUT2D eigenvalue weighted by atomic mass is 19.4. The Bertz CT molecular complexity index is 244. The van der Waals surface area contributed by atoms with Gasteiger partial charge in [-0.1, -0.05) is 32.6 Å². The predicted molar refractivity (Wildman–Crippen MR) is 62.7 cm³/mol. The summed E-state index contributed by atoms with van der Waals surface area (Å²) in [7, 11) is 2.56. The molecule has 1 amide bonds. The molecule has 0 aliphatic heterocycles. The lowest BCUT2D eigenvalue weighted by molar-refractivity contribution is -0.194. The van der Waals surface area contributed by atoms with E-state index < -0.39 is 24.4 Å². The second-order valence-corrected chi connectivity index (χ2v) is 4.37. The standard InChI is InChI=1S/C12H22F3NO2/c1-4-5-6-7-8-10(12(13,14)15)9-11(17)16(2)18-3/h10H,4-9H2,1-3H3. The molecular formula is C12H22F3NO2. The van der Waals surface area contributed by atoms with Crippen molar-refractivity contribution in [3.63, 3.8) is 0 Å². The van der Waals surface area contributed by atoms with Gasteiger partial charge in [-0.05, 0) is 6.42 Å². The smallest absolute Gasteiger partial charge is 0.275 e. The Morgan fingerprint density at radius 2 is 1.89 bits per heavy atom. The van der Waals surface area contributed by atoms with Crippen LogP contribution >= 0.6 is 0 Å². The number of hydroxylamine groups is 2. The van der Waals surface area contributed by atoms with E-state index >= 15 is 0 Å². The van der Waals surface area contributed by atoms with E-state index in [0.29, 0.717) is 6.42 Å². The molecule has 18 heavy (non-hydrogen) atoms. The van der Waals surface area contributed by atoms with Crippen LogP contribution in [0, 0.1) is 5.92 Å². The highest BCUT2D eigenvalue weighted by molar-refractivity contribution is 5.75. The number of halogens is 3. The highest BCUT2D eigenvalue weighted by Crippen LogP contribution is 2.33. The maximum atomic E-state index is 12.7. The van der Waals surface area contributed by atoms with Crippen LogP contribution in [-0.2, 0) is 9.63 Å². The van der Waals surface area contributed by atoms with Crippen molar-refractivity contribution >= 4 is 5.91 Å². The number of rotatable bonds is 8. The molecule has 0 aromatic rings. The Hall–Kier alpha value is -0.780. The van der Waals surface area contributed by atoms with Crippen LogP contribution in [0.2, 0.25) is 0 Å². The fraction of sp³-hybridized carbons (Fsp3) is 0.917. The van der Waals surface area contributed by atoms with E-state index in [9.17, 15) is 18.0 Å². The van der Waals surface area contributed by atoms with Crippen LogP contribution in [0.1, 0.15) is 45.4 Å². The average molecular weight is 269 g/mol. The number of alkyl halides is 3. The highest BCUT2D eigenvalue weighted by Gasteiger charge is 2.40. The number of amides is 1. The quantitative estimate of drug-likeness (QED) is 0.498. The van der Waals surface area contributed by atoms with E-state index in [-0.39, 0.29) is 6.42 Å². The molecule has 0 N–H and O–H groups in total. The van der Waals surface area contributed by atoms with E-state index in [1.165, 1.54) is 14.2 Å². The third kappa shape index (κ3) is 6.83. The summed E-state index contributed by atoms with van der Waals surface area (Å²) >= 11 is 0. The Morgan fingerprint density at radius 3 is 2.33 bits per heavy atom. The summed E-state index contributed by atoms with van der Waals surface area (Å²) in [4.78, 5) is 16.0. The third-order valence-electron chi connectivity index (χ3n) is 2.92. The van der Waals surface area contributed by atoms with Gasteiger partial charge in [0, 0.05) is 13.5 Å². The molecule has 0 rings (SSSR count). The van der Waals surface area contributed by atoms with E-state index in [1.54, 1.807) is 0 Å². The van der Waals surface area contributed by atoms with Crippen molar-refractivity contribution in [2.45, 2.75) is 51.6 Å². The molecule has 3 nitrogen and oxygen atoms in total. The molecule has 0 saturated carbocycles. The summed E-state index contributed by atoms with van der Waals surface area (Å²) in [6.45, 7) is 2.00. The lowest BCUT2D eigenvalue weighted by atomic mass is 9.96. The number of carbonyl (C=O) groups excluding carboxylic acids is 1. The van der Waals surface area contributed by atoms with Crippen LogP contribution in [0.5, 0.6) is 0 Å². The molecule has 1 unspecified atom stereocenters. The summed E-state index contributed by atoms with van der Waals surface area (Å²) in [5.74, 6) is -2.21. The van der Waals surface area contributed by atoms with Crippen molar-refractivity contribution in [1.82, 2.24) is 5.06 Å². The number of hydrogen-bond acceptors (Lipinski definition) is 2. The van der Waals surface area contributed by atoms with Crippen molar-refractivity contribution in [2.75, 3.05) is 14.2 Å². The van der Waals surface area contributed by atoms with Gasteiger partial charge >= 0.3 is 6.18 Å².